The molecule has 0 aromatic heterocycles. The van der Waals surface area contributed by atoms with Crippen LogP contribution in [0.25, 0.3) is 0 Å². The van der Waals surface area contributed by atoms with Gasteiger partial charge in [-0.15, -0.1) is 11.6 Å². The Balaban J connectivity index is 2.43. The van der Waals surface area contributed by atoms with Crippen molar-refractivity contribution in [2.45, 2.75) is 37.4 Å². The van der Waals surface area contributed by atoms with Crippen LogP contribution in [0.5, 0.6) is 0 Å². The van der Waals surface area contributed by atoms with Crippen molar-refractivity contribution >= 4 is 11.6 Å². The summed E-state index contributed by atoms with van der Waals surface area (Å²) in [6.45, 7) is 0.938. The minimum absolute atomic E-state index is 0.0563. The first-order valence-electron chi connectivity index (χ1n) is 3.85. The summed E-state index contributed by atoms with van der Waals surface area (Å²) in [7, 11) is 0. The second kappa shape index (κ2) is 4.19. The fourth-order valence-electron chi connectivity index (χ4n) is 1.30. The molecule has 0 aliphatic heterocycles. The predicted octanol–water partition coefficient (Wildman–Crippen LogP) is 2.94. The summed E-state index contributed by atoms with van der Waals surface area (Å²) in [4.78, 5) is 0. The molecule has 1 aliphatic rings. The SMILES string of the molecule is C=C1CCC(Cl)CC1OC(F)F. The van der Waals surface area contributed by atoms with Gasteiger partial charge in [-0.3, -0.25) is 0 Å². The zero-order valence-corrected chi connectivity index (χ0v) is 7.36. The molecule has 0 heterocycles. The molecule has 0 radical (unpaired) electrons. The van der Waals surface area contributed by atoms with Crippen LogP contribution in [0.2, 0.25) is 0 Å². The van der Waals surface area contributed by atoms with Crippen molar-refractivity contribution in [2.24, 2.45) is 0 Å². The monoisotopic (exact) mass is 196 g/mol. The maximum Gasteiger partial charge on any atom is 0.345 e. The van der Waals surface area contributed by atoms with Crippen LogP contribution in [-0.4, -0.2) is 18.1 Å². The normalized spacial score (nSPS) is 31.2. The molecule has 1 nitrogen and oxygen atoms in total. The van der Waals surface area contributed by atoms with Gasteiger partial charge in [0.1, 0.15) is 0 Å². The van der Waals surface area contributed by atoms with Crippen LogP contribution in [-0.2, 0) is 4.74 Å². The molecule has 70 valence electrons. The van der Waals surface area contributed by atoms with Gasteiger partial charge in [0.2, 0.25) is 0 Å². The zero-order chi connectivity index (χ0) is 9.14. The van der Waals surface area contributed by atoms with Gasteiger partial charge in [-0.2, -0.15) is 8.78 Å². The molecule has 1 saturated carbocycles. The Morgan fingerprint density at radius 3 is 2.83 bits per heavy atom. The van der Waals surface area contributed by atoms with Gasteiger partial charge in [-0.1, -0.05) is 6.58 Å². The molecule has 1 aliphatic carbocycles. The smallest absolute Gasteiger partial charge is 0.315 e. The maximum absolute atomic E-state index is 11.8. The van der Waals surface area contributed by atoms with Gasteiger partial charge >= 0.3 is 6.61 Å². The highest BCUT2D eigenvalue weighted by molar-refractivity contribution is 6.20. The molecule has 0 saturated heterocycles. The number of hydrogen-bond donors (Lipinski definition) is 0. The molecule has 4 heteroatoms. The zero-order valence-electron chi connectivity index (χ0n) is 6.60. The lowest BCUT2D eigenvalue weighted by atomic mass is 9.93. The Morgan fingerprint density at radius 1 is 1.58 bits per heavy atom. The van der Waals surface area contributed by atoms with Crippen LogP contribution in [0.15, 0.2) is 12.2 Å². The molecule has 1 fully saturated rings. The fourth-order valence-corrected chi connectivity index (χ4v) is 1.57. The van der Waals surface area contributed by atoms with Crippen LogP contribution >= 0.6 is 11.6 Å². The van der Waals surface area contributed by atoms with Crippen molar-refractivity contribution in [3.63, 3.8) is 0 Å². The highest BCUT2D eigenvalue weighted by Crippen LogP contribution is 2.29. The molecule has 0 aromatic rings. The quantitative estimate of drug-likeness (QED) is 0.488. The average Bonchev–Trinajstić information content (AvgIpc) is 1.96. The van der Waals surface area contributed by atoms with Crippen molar-refractivity contribution in [1.82, 2.24) is 0 Å². The van der Waals surface area contributed by atoms with Crippen LogP contribution in [0.1, 0.15) is 19.3 Å². The van der Waals surface area contributed by atoms with Gasteiger partial charge in [0, 0.05) is 5.38 Å². The van der Waals surface area contributed by atoms with Gasteiger partial charge in [0.25, 0.3) is 0 Å². The summed E-state index contributed by atoms with van der Waals surface area (Å²) >= 11 is 5.79. The lowest BCUT2D eigenvalue weighted by molar-refractivity contribution is -0.156. The van der Waals surface area contributed by atoms with Crippen LogP contribution in [0.4, 0.5) is 8.78 Å². The number of halogens is 3. The van der Waals surface area contributed by atoms with E-state index in [1.165, 1.54) is 0 Å². The second-order valence-electron chi connectivity index (χ2n) is 2.92. The molecule has 2 atom stereocenters. The van der Waals surface area contributed by atoms with E-state index in [1.807, 2.05) is 0 Å². The highest BCUT2D eigenvalue weighted by atomic mass is 35.5. The molecule has 12 heavy (non-hydrogen) atoms. The van der Waals surface area contributed by atoms with Crippen molar-refractivity contribution < 1.29 is 13.5 Å². The van der Waals surface area contributed by atoms with E-state index in [1.54, 1.807) is 0 Å². The van der Waals surface area contributed by atoms with Crippen molar-refractivity contribution in [3.05, 3.63) is 12.2 Å². The first kappa shape index (κ1) is 9.93. The minimum atomic E-state index is -2.73. The van der Waals surface area contributed by atoms with E-state index in [0.717, 1.165) is 12.0 Å². The Labute approximate surface area is 75.3 Å². The first-order valence-corrected chi connectivity index (χ1v) is 4.28. The molecule has 0 spiro atoms. The van der Waals surface area contributed by atoms with E-state index in [9.17, 15) is 8.78 Å². The van der Waals surface area contributed by atoms with Gasteiger partial charge in [0.05, 0.1) is 6.10 Å². The lowest BCUT2D eigenvalue weighted by Gasteiger charge is -2.27. The fraction of sp³-hybridized carbons (Fsp3) is 0.750. The van der Waals surface area contributed by atoms with E-state index in [0.29, 0.717) is 12.8 Å². The summed E-state index contributed by atoms with van der Waals surface area (Å²) in [6, 6.07) is 0. The topological polar surface area (TPSA) is 9.23 Å². The van der Waals surface area contributed by atoms with Gasteiger partial charge in [-0.25, -0.2) is 0 Å². The Kier molecular flexibility index (Phi) is 3.47. The molecular formula is C8H11ClF2O. The Morgan fingerprint density at radius 2 is 2.25 bits per heavy atom. The van der Waals surface area contributed by atoms with E-state index < -0.39 is 12.7 Å². The lowest BCUT2D eigenvalue weighted by Crippen LogP contribution is -2.27. The van der Waals surface area contributed by atoms with Crippen molar-refractivity contribution in [3.8, 4) is 0 Å². The minimum Gasteiger partial charge on any atom is -0.315 e. The van der Waals surface area contributed by atoms with E-state index >= 15 is 0 Å². The third-order valence-corrected chi connectivity index (χ3v) is 2.37. The summed E-state index contributed by atoms with van der Waals surface area (Å²) in [5.41, 5.74) is 0.729. The van der Waals surface area contributed by atoms with Crippen LogP contribution in [0, 0.1) is 0 Å². The largest absolute Gasteiger partial charge is 0.345 e. The van der Waals surface area contributed by atoms with Gasteiger partial charge in [0.15, 0.2) is 0 Å². The molecule has 0 amide bonds. The number of alkyl halides is 3. The summed E-state index contributed by atoms with van der Waals surface area (Å²) < 4.78 is 28.0. The summed E-state index contributed by atoms with van der Waals surface area (Å²) in [5, 5.41) is -0.0563. The van der Waals surface area contributed by atoms with Crippen molar-refractivity contribution in [2.75, 3.05) is 0 Å². The average molecular weight is 197 g/mol. The molecular weight excluding hydrogens is 186 g/mol. The summed E-state index contributed by atoms with van der Waals surface area (Å²) in [6.07, 6.45) is 1.39. The van der Waals surface area contributed by atoms with Gasteiger partial charge < -0.3 is 4.74 Å². The molecule has 2 unspecified atom stereocenters. The standard InChI is InChI=1S/C8H11ClF2O/c1-5-2-3-6(9)4-7(5)12-8(10)11/h6-8H,1-4H2. The van der Waals surface area contributed by atoms with Gasteiger partial charge in [-0.05, 0) is 24.8 Å². The maximum atomic E-state index is 11.8. The Bertz CT molecular complexity index is 170. The third kappa shape index (κ3) is 2.72. The van der Waals surface area contributed by atoms with E-state index in [4.69, 9.17) is 11.6 Å². The first-order chi connectivity index (χ1) is 5.59. The van der Waals surface area contributed by atoms with Crippen LogP contribution < -0.4 is 0 Å². The number of hydrogen-bond acceptors (Lipinski definition) is 1. The molecule has 0 N–H and O–H groups in total. The molecule has 1 rings (SSSR count). The Hall–Kier alpha value is -0.150. The number of rotatable bonds is 2. The predicted molar refractivity (Wildman–Crippen MR) is 43.5 cm³/mol. The second-order valence-corrected chi connectivity index (χ2v) is 3.53. The summed E-state index contributed by atoms with van der Waals surface area (Å²) in [5.74, 6) is 0. The third-order valence-electron chi connectivity index (χ3n) is 1.97. The van der Waals surface area contributed by atoms with E-state index in [2.05, 4.69) is 11.3 Å². The molecule has 0 aromatic carbocycles. The highest BCUT2D eigenvalue weighted by Gasteiger charge is 2.26. The van der Waals surface area contributed by atoms with Crippen molar-refractivity contribution in [1.29, 1.82) is 0 Å². The molecule has 0 bridgehead atoms. The van der Waals surface area contributed by atoms with E-state index in [-0.39, 0.29) is 5.38 Å². The number of ether oxygens (including phenoxy) is 1. The van der Waals surface area contributed by atoms with Crippen LogP contribution in [0.3, 0.4) is 0 Å².